The third-order valence-corrected chi connectivity index (χ3v) is 1.20. The zero-order valence-electron chi connectivity index (χ0n) is 8.40. The fraction of sp³-hybridized carbons (Fsp3) is 0.714. The number of aryl methyl sites for hydroxylation is 1. The Morgan fingerprint density at radius 3 is 2.54 bits per heavy atom. The zero-order valence-corrected chi connectivity index (χ0v) is 8.40. The van der Waals surface area contributed by atoms with E-state index in [1.807, 2.05) is 13.8 Å². The number of amides is 1. The molecule has 1 N–H and O–H groups in total. The van der Waals surface area contributed by atoms with Crippen LogP contribution in [0, 0.1) is 0 Å². The van der Waals surface area contributed by atoms with E-state index >= 15 is 0 Å². The normalized spacial score (nSPS) is 8.62. The second-order valence-electron chi connectivity index (χ2n) is 2.13. The lowest BCUT2D eigenvalue weighted by Crippen LogP contribution is -2.21. The number of tetrazole rings is 1. The molecule has 0 atom stereocenters. The fourth-order valence-electron chi connectivity index (χ4n) is 0.601. The molecule has 0 saturated carbocycles. The van der Waals surface area contributed by atoms with Gasteiger partial charge in [-0.1, -0.05) is 13.8 Å². The first-order chi connectivity index (χ1) is 6.20. The second-order valence-corrected chi connectivity index (χ2v) is 2.13. The number of carbonyl (C=O) groups excluding carboxylic acids is 1. The van der Waals surface area contributed by atoms with Gasteiger partial charge in [0.25, 0.3) is 0 Å². The summed E-state index contributed by atoms with van der Waals surface area (Å²) in [5, 5.41) is 13.3. The third kappa shape index (κ3) is 4.19. The molecule has 0 aromatic carbocycles. The maximum atomic E-state index is 10.5. The molecule has 0 fully saturated rings. The standard InChI is InChI=1S/C5H9N5O.C2H6/c1-4(11)6-3-5-7-8-9-10(5)2;1-2/h3H2,1-2H3,(H,6,11);1-2H3. The Hall–Kier alpha value is -1.46. The van der Waals surface area contributed by atoms with Crippen LogP contribution in [-0.2, 0) is 18.4 Å². The van der Waals surface area contributed by atoms with E-state index in [9.17, 15) is 4.79 Å². The summed E-state index contributed by atoms with van der Waals surface area (Å²) >= 11 is 0. The van der Waals surface area contributed by atoms with Crippen LogP contribution in [0.1, 0.15) is 26.6 Å². The fourth-order valence-corrected chi connectivity index (χ4v) is 0.601. The second kappa shape index (κ2) is 6.10. The van der Waals surface area contributed by atoms with Crippen molar-refractivity contribution in [3.63, 3.8) is 0 Å². The number of nitrogens with one attached hydrogen (secondary N) is 1. The van der Waals surface area contributed by atoms with Crippen molar-refractivity contribution < 1.29 is 4.79 Å². The maximum absolute atomic E-state index is 10.5. The van der Waals surface area contributed by atoms with E-state index in [0.29, 0.717) is 12.4 Å². The Kier molecular flexibility index (Phi) is 5.42. The number of aromatic nitrogens is 4. The quantitative estimate of drug-likeness (QED) is 0.696. The van der Waals surface area contributed by atoms with Crippen molar-refractivity contribution >= 4 is 5.91 Å². The molecule has 1 rings (SSSR count). The van der Waals surface area contributed by atoms with E-state index in [1.165, 1.54) is 11.6 Å². The van der Waals surface area contributed by atoms with Gasteiger partial charge in [0.05, 0.1) is 6.54 Å². The van der Waals surface area contributed by atoms with E-state index in [4.69, 9.17) is 0 Å². The van der Waals surface area contributed by atoms with Crippen molar-refractivity contribution in [1.82, 2.24) is 25.5 Å². The van der Waals surface area contributed by atoms with Gasteiger partial charge in [-0.2, -0.15) is 0 Å². The Balaban J connectivity index is 0.000000671. The molecule has 0 bridgehead atoms. The summed E-state index contributed by atoms with van der Waals surface area (Å²) in [6, 6.07) is 0. The summed E-state index contributed by atoms with van der Waals surface area (Å²) < 4.78 is 1.51. The smallest absolute Gasteiger partial charge is 0.217 e. The Labute approximate surface area is 77.3 Å². The zero-order chi connectivity index (χ0) is 10.3. The average Bonchev–Trinajstić information content (AvgIpc) is 2.51. The van der Waals surface area contributed by atoms with Gasteiger partial charge in [0.1, 0.15) is 0 Å². The van der Waals surface area contributed by atoms with Crippen LogP contribution in [0.2, 0.25) is 0 Å². The summed E-state index contributed by atoms with van der Waals surface area (Å²) in [6.45, 7) is 5.82. The van der Waals surface area contributed by atoms with Crippen LogP contribution in [0.3, 0.4) is 0 Å². The highest BCUT2D eigenvalue weighted by Crippen LogP contribution is 1.85. The highest BCUT2D eigenvalue weighted by atomic mass is 16.1. The molecule has 6 nitrogen and oxygen atoms in total. The van der Waals surface area contributed by atoms with Gasteiger partial charge < -0.3 is 5.32 Å². The minimum absolute atomic E-state index is 0.0898. The maximum Gasteiger partial charge on any atom is 0.217 e. The predicted octanol–water partition coefficient (Wildman–Crippen LogP) is -0.128. The third-order valence-electron chi connectivity index (χ3n) is 1.20. The first-order valence-electron chi connectivity index (χ1n) is 4.16. The summed E-state index contributed by atoms with van der Waals surface area (Å²) in [5.74, 6) is 0.549. The summed E-state index contributed by atoms with van der Waals surface area (Å²) in [4.78, 5) is 10.5. The minimum atomic E-state index is -0.0898. The lowest BCUT2D eigenvalue weighted by molar-refractivity contribution is -0.119. The first-order valence-corrected chi connectivity index (χ1v) is 4.16. The topological polar surface area (TPSA) is 72.7 Å². The van der Waals surface area contributed by atoms with E-state index in [0.717, 1.165) is 0 Å². The Bertz CT molecular complexity index is 257. The number of nitrogens with zero attached hydrogens (tertiary/aromatic N) is 4. The van der Waals surface area contributed by atoms with E-state index in [1.54, 1.807) is 7.05 Å². The molecular weight excluding hydrogens is 170 g/mol. The molecule has 0 spiro atoms. The van der Waals surface area contributed by atoms with Crippen LogP contribution < -0.4 is 5.32 Å². The predicted molar refractivity (Wildman–Crippen MR) is 47.7 cm³/mol. The van der Waals surface area contributed by atoms with Crippen LogP contribution in [0.4, 0.5) is 0 Å². The molecule has 13 heavy (non-hydrogen) atoms. The molecule has 0 unspecified atom stereocenters. The van der Waals surface area contributed by atoms with Crippen LogP contribution in [0.5, 0.6) is 0 Å². The van der Waals surface area contributed by atoms with Crippen LogP contribution in [-0.4, -0.2) is 26.1 Å². The first kappa shape index (κ1) is 11.5. The molecular formula is C7H15N5O. The number of carbonyl (C=O) groups is 1. The van der Waals surface area contributed by atoms with Crippen molar-refractivity contribution in [3.05, 3.63) is 5.82 Å². The molecule has 6 heteroatoms. The number of hydrogen-bond acceptors (Lipinski definition) is 4. The van der Waals surface area contributed by atoms with Crippen LogP contribution in [0.25, 0.3) is 0 Å². The highest BCUT2D eigenvalue weighted by molar-refractivity contribution is 5.72. The van der Waals surface area contributed by atoms with Crippen molar-refractivity contribution in [3.8, 4) is 0 Å². The minimum Gasteiger partial charge on any atom is -0.349 e. The molecule has 0 aliphatic rings. The largest absolute Gasteiger partial charge is 0.349 e. The van der Waals surface area contributed by atoms with Crippen molar-refractivity contribution in [2.45, 2.75) is 27.3 Å². The molecule has 1 aromatic heterocycles. The molecule has 1 aromatic rings. The molecule has 0 radical (unpaired) electrons. The molecule has 1 amide bonds. The van der Waals surface area contributed by atoms with Gasteiger partial charge in [0, 0.05) is 14.0 Å². The van der Waals surface area contributed by atoms with Crippen LogP contribution >= 0.6 is 0 Å². The van der Waals surface area contributed by atoms with Crippen molar-refractivity contribution in [1.29, 1.82) is 0 Å². The van der Waals surface area contributed by atoms with E-state index in [2.05, 4.69) is 20.8 Å². The molecule has 74 valence electrons. The summed E-state index contributed by atoms with van der Waals surface area (Å²) in [5.41, 5.74) is 0. The molecule has 0 aliphatic heterocycles. The molecule has 1 heterocycles. The van der Waals surface area contributed by atoms with Gasteiger partial charge in [0.15, 0.2) is 5.82 Å². The molecule has 0 saturated heterocycles. The lowest BCUT2D eigenvalue weighted by atomic mass is 10.5. The monoisotopic (exact) mass is 185 g/mol. The van der Waals surface area contributed by atoms with Gasteiger partial charge in [0.2, 0.25) is 5.91 Å². The SMILES string of the molecule is CC.CC(=O)NCc1nnnn1C. The highest BCUT2D eigenvalue weighted by Gasteiger charge is 2.00. The van der Waals surface area contributed by atoms with Crippen molar-refractivity contribution in [2.24, 2.45) is 7.05 Å². The van der Waals surface area contributed by atoms with Gasteiger partial charge in [-0.15, -0.1) is 5.10 Å². The molecule has 0 aliphatic carbocycles. The number of rotatable bonds is 2. The van der Waals surface area contributed by atoms with E-state index in [-0.39, 0.29) is 5.91 Å². The van der Waals surface area contributed by atoms with Gasteiger partial charge in [-0.3, -0.25) is 4.79 Å². The average molecular weight is 185 g/mol. The summed E-state index contributed by atoms with van der Waals surface area (Å²) in [6.07, 6.45) is 0. The van der Waals surface area contributed by atoms with Gasteiger partial charge in [-0.25, -0.2) is 4.68 Å². The summed E-state index contributed by atoms with van der Waals surface area (Å²) in [7, 11) is 1.72. The lowest BCUT2D eigenvalue weighted by Gasteiger charge is -1.97. The Morgan fingerprint density at radius 2 is 2.15 bits per heavy atom. The van der Waals surface area contributed by atoms with Gasteiger partial charge >= 0.3 is 0 Å². The van der Waals surface area contributed by atoms with Gasteiger partial charge in [-0.05, 0) is 10.4 Å². The van der Waals surface area contributed by atoms with Crippen LogP contribution in [0.15, 0.2) is 0 Å². The number of hydrogen-bond donors (Lipinski definition) is 1. The Morgan fingerprint density at radius 1 is 1.54 bits per heavy atom. The van der Waals surface area contributed by atoms with Crippen molar-refractivity contribution in [2.75, 3.05) is 0 Å². The van der Waals surface area contributed by atoms with E-state index < -0.39 is 0 Å².